The van der Waals surface area contributed by atoms with Crippen LogP contribution in [0.15, 0.2) is 54.7 Å². The lowest BCUT2D eigenvalue weighted by Crippen LogP contribution is -2.34. The van der Waals surface area contributed by atoms with Crippen LogP contribution in [0.4, 0.5) is 4.39 Å². The molecule has 2 amide bonds. The normalized spacial score (nSPS) is 14.7. The minimum absolute atomic E-state index is 0.0518. The molecule has 0 aromatic heterocycles. The Bertz CT molecular complexity index is 956. The molecular weight excluding hydrogens is 387 g/mol. The van der Waals surface area contributed by atoms with E-state index in [0.29, 0.717) is 13.0 Å². The molecule has 6 nitrogen and oxygen atoms in total. The fourth-order valence-electron chi connectivity index (χ4n) is 3.32. The van der Waals surface area contributed by atoms with Crippen molar-refractivity contribution in [3.8, 4) is 0 Å². The zero-order valence-corrected chi connectivity index (χ0v) is 16.6. The SMILES string of the molecule is CC(=O)N1C=Cc2ccccc2[C@H]1CC(=O)OCC(=O)NCCc1ccc(F)cc1. The Kier molecular flexibility index (Phi) is 6.95. The van der Waals surface area contributed by atoms with Gasteiger partial charge in [0.15, 0.2) is 6.61 Å². The molecule has 1 aliphatic rings. The Balaban J connectivity index is 1.48. The summed E-state index contributed by atoms with van der Waals surface area (Å²) in [6.07, 6.45) is 3.97. The third kappa shape index (κ3) is 5.53. The number of amides is 2. The van der Waals surface area contributed by atoms with Crippen molar-refractivity contribution < 1.29 is 23.5 Å². The van der Waals surface area contributed by atoms with Crippen molar-refractivity contribution in [1.82, 2.24) is 10.2 Å². The number of fused-ring (bicyclic) bond motifs is 1. The molecule has 0 aliphatic carbocycles. The lowest BCUT2D eigenvalue weighted by Gasteiger charge is -2.32. The molecular formula is C23H23FN2O4. The molecule has 0 radical (unpaired) electrons. The zero-order chi connectivity index (χ0) is 21.5. The number of hydrogen-bond acceptors (Lipinski definition) is 4. The predicted octanol–water partition coefficient (Wildman–Crippen LogP) is 2.99. The first kappa shape index (κ1) is 21.2. The van der Waals surface area contributed by atoms with Crippen LogP contribution in [0.1, 0.15) is 36.1 Å². The highest BCUT2D eigenvalue weighted by Crippen LogP contribution is 2.32. The van der Waals surface area contributed by atoms with Crippen LogP contribution in [0.5, 0.6) is 0 Å². The third-order valence-electron chi connectivity index (χ3n) is 4.84. The highest BCUT2D eigenvalue weighted by molar-refractivity contribution is 5.82. The van der Waals surface area contributed by atoms with Crippen LogP contribution in [0.2, 0.25) is 0 Å². The molecule has 0 spiro atoms. The van der Waals surface area contributed by atoms with Crippen LogP contribution in [0, 0.1) is 5.82 Å². The molecule has 0 bridgehead atoms. The summed E-state index contributed by atoms with van der Waals surface area (Å²) < 4.78 is 18.0. The van der Waals surface area contributed by atoms with Gasteiger partial charge in [-0.05, 0) is 41.3 Å². The summed E-state index contributed by atoms with van der Waals surface area (Å²) >= 11 is 0. The van der Waals surface area contributed by atoms with Gasteiger partial charge in [-0.2, -0.15) is 0 Å². The lowest BCUT2D eigenvalue weighted by molar-refractivity contribution is -0.150. The van der Waals surface area contributed by atoms with Crippen molar-refractivity contribution in [1.29, 1.82) is 0 Å². The summed E-state index contributed by atoms with van der Waals surface area (Å²) in [7, 11) is 0. The van der Waals surface area contributed by atoms with Crippen molar-refractivity contribution in [2.24, 2.45) is 0 Å². The number of hydrogen-bond donors (Lipinski definition) is 1. The predicted molar refractivity (Wildman–Crippen MR) is 109 cm³/mol. The van der Waals surface area contributed by atoms with Gasteiger partial charge in [-0.3, -0.25) is 14.4 Å². The number of carbonyl (C=O) groups is 3. The van der Waals surface area contributed by atoms with Crippen LogP contribution < -0.4 is 5.32 Å². The quantitative estimate of drug-likeness (QED) is 0.712. The van der Waals surface area contributed by atoms with Gasteiger partial charge in [0.25, 0.3) is 5.91 Å². The smallest absolute Gasteiger partial charge is 0.308 e. The van der Waals surface area contributed by atoms with Crippen LogP contribution in [0.3, 0.4) is 0 Å². The molecule has 0 saturated heterocycles. The number of nitrogens with zero attached hydrogens (tertiary/aromatic N) is 1. The summed E-state index contributed by atoms with van der Waals surface area (Å²) in [5, 5.41) is 2.66. The Morgan fingerprint density at radius 2 is 1.83 bits per heavy atom. The van der Waals surface area contributed by atoms with E-state index >= 15 is 0 Å². The number of ether oxygens (including phenoxy) is 1. The standard InChI is InChI=1S/C23H23FN2O4/c1-16(27)26-13-11-18-4-2-3-5-20(18)21(26)14-23(29)30-15-22(28)25-12-10-17-6-8-19(24)9-7-17/h2-9,11,13,21H,10,12,14-15H2,1H3,(H,25,28)/t21-/m1/s1. The first-order valence-electron chi connectivity index (χ1n) is 9.67. The Labute approximate surface area is 174 Å². The Morgan fingerprint density at radius 3 is 2.57 bits per heavy atom. The number of benzene rings is 2. The number of carbonyl (C=O) groups excluding carboxylic acids is 3. The zero-order valence-electron chi connectivity index (χ0n) is 16.6. The first-order chi connectivity index (χ1) is 14.4. The molecule has 7 heteroatoms. The number of halogens is 1. The van der Waals surface area contributed by atoms with Crippen molar-refractivity contribution in [2.45, 2.75) is 25.8 Å². The first-order valence-corrected chi connectivity index (χ1v) is 9.67. The summed E-state index contributed by atoms with van der Waals surface area (Å²) in [6.45, 7) is 1.39. The van der Waals surface area contributed by atoms with E-state index in [4.69, 9.17) is 4.74 Å². The molecule has 30 heavy (non-hydrogen) atoms. The molecule has 2 aromatic carbocycles. The van der Waals surface area contributed by atoms with Gasteiger partial charge in [-0.1, -0.05) is 36.4 Å². The summed E-state index contributed by atoms with van der Waals surface area (Å²) in [6, 6.07) is 13.1. The largest absolute Gasteiger partial charge is 0.456 e. The van der Waals surface area contributed by atoms with Crippen molar-refractivity contribution >= 4 is 23.9 Å². The number of esters is 1. The van der Waals surface area contributed by atoms with E-state index in [9.17, 15) is 18.8 Å². The maximum atomic E-state index is 12.9. The van der Waals surface area contributed by atoms with E-state index < -0.39 is 24.5 Å². The van der Waals surface area contributed by atoms with Gasteiger partial charge in [-0.15, -0.1) is 0 Å². The lowest BCUT2D eigenvalue weighted by atomic mass is 9.94. The average molecular weight is 410 g/mol. The van der Waals surface area contributed by atoms with E-state index in [1.165, 1.54) is 24.0 Å². The Hall–Kier alpha value is -3.48. The van der Waals surface area contributed by atoms with Crippen LogP contribution in [-0.2, 0) is 25.5 Å². The minimum Gasteiger partial charge on any atom is -0.456 e. The van der Waals surface area contributed by atoms with Gasteiger partial charge in [0.1, 0.15) is 5.82 Å². The van der Waals surface area contributed by atoms with Gasteiger partial charge in [0, 0.05) is 19.7 Å². The summed E-state index contributed by atoms with van der Waals surface area (Å²) in [4.78, 5) is 37.7. The van der Waals surface area contributed by atoms with Crippen LogP contribution in [0.25, 0.3) is 6.08 Å². The molecule has 3 rings (SSSR count). The van der Waals surface area contributed by atoms with Crippen molar-refractivity contribution in [2.75, 3.05) is 13.2 Å². The molecule has 0 unspecified atom stereocenters. The van der Waals surface area contributed by atoms with Crippen LogP contribution >= 0.6 is 0 Å². The van der Waals surface area contributed by atoms with Gasteiger partial charge >= 0.3 is 5.97 Å². The van der Waals surface area contributed by atoms with E-state index in [-0.39, 0.29) is 18.1 Å². The fourth-order valence-corrected chi connectivity index (χ4v) is 3.32. The molecule has 0 saturated carbocycles. The van der Waals surface area contributed by atoms with Crippen molar-refractivity contribution in [3.05, 3.63) is 77.2 Å². The average Bonchev–Trinajstić information content (AvgIpc) is 2.73. The Morgan fingerprint density at radius 1 is 1.10 bits per heavy atom. The van der Waals surface area contributed by atoms with E-state index in [1.54, 1.807) is 18.3 Å². The van der Waals surface area contributed by atoms with Gasteiger partial charge in [0.05, 0.1) is 12.5 Å². The van der Waals surface area contributed by atoms with E-state index in [0.717, 1.165) is 16.7 Å². The van der Waals surface area contributed by atoms with Gasteiger partial charge in [0.2, 0.25) is 5.91 Å². The summed E-state index contributed by atoms with van der Waals surface area (Å²) in [5.41, 5.74) is 2.68. The molecule has 2 aromatic rings. The van der Waals surface area contributed by atoms with Crippen molar-refractivity contribution in [3.63, 3.8) is 0 Å². The highest BCUT2D eigenvalue weighted by atomic mass is 19.1. The third-order valence-corrected chi connectivity index (χ3v) is 4.84. The second kappa shape index (κ2) is 9.82. The second-order valence-corrected chi connectivity index (χ2v) is 6.98. The maximum Gasteiger partial charge on any atom is 0.308 e. The van der Waals surface area contributed by atoms with Gasteiger partial charge in [-0.25, -0.2) is 4.39 Å². The molecule has 1 atom stereocenters. The number of nitrogens with one attached hydrogen (secondary N) is 1. The minimum atomic E-state index is -0.565. The van der Waals surface area contributed by atoms with Gasteiger partial charge < -0.3 is 15.0 Å². The summed E-state index contributed by atoms with van der Waals surface area (Å²) in [5.74, 6) is -1.48. The van der Waals surface area contributed by atoms with E-state index in [1.807, 2.05) is 30.3 Å². The molecule has 1 aliphatic heterocycles. The maximum absolute atomic E-state index is 12.9. The topological polar surface area (TPSA) is 75.7 Å². The monoisotopic (exact) mass is 410 g/mol. The highest BCUT2D eigenvalue weighted by Gasteiger charge is 2.28. The molecule has 0 fully saturated rings. The van der Waals surface area contributed by atoms with Crippen LogP contribution in [-0.4, -0.2) is 35.8 Å². The molecule has 156 valence electrons. The van der Waals surface area contributed by atoms with E-state index in [2.05, 4.69) is 5.32 Å². The fraction of sp³-hybridized carbons (Fsp3) is 0.261. The molecule has 1 heterocycles. The molecule has 1 N–H and O–H groups in total. The number of rotatable bonds is 7. The second-order valence-electron chi connectivity index (χ2n) is 6.98.